The Bertz CT molecular complexity index is 1190. The fourth-order valence-electron chi connectivity index (χ4n) is 5.20. The summed E-state index contributed by atoms with van der Waals surface area (Å²) in [7, 11) is -2.48. The number of fused-ring (bicyclic) bond motifs is 1. The Balaban J connectivity index is 0.00000153. The van der Waals surface area contributed by atoms with Gasteiger partial charge < -0.3 is 37.2 Å². The molecule has 0 radical (unpaired) electrons. The number of allylic oxidation sites excluding steroid dienone is 1. The van der Waals surface area contributed by atoms with Gasteiger partial charge in [0, 0.05) is 0 Å². The van der Waals surface area contributed by atoms with Crippen LogP contribution >= 0.6 is 0 Å². The van der Waals surface area contributed by atoms with Gasteiger partial charge in [-0.05, 0) is 36.3 Å². The Labute approximate surface area is 244 Å². The number of rotatable bonds is 4. The van der Waals surface area contributed by atoms with E-state index in [-0.39, 0.29) is 64.5 Å². The van der Waals surface area contributed by atoms with Crippen molar-refractivity contribution in [2.75, 3.05) is 0 Å². The van der Waals surface area contributed by atoms with E-state index in [1.165, 1.54) is 43.4 Å². The van der Waals surface area contributed by atoms with E-state index in [9.17, 15) is 0 Å². The first-order valence-corrected chi connectivity index (χ1v) is 13.1. The van der Waals surface area contributed by atoms with E-state index in [4.69, 9.17) is 0 Å². The first-order chi connectivity index (χ1) is 15.1. The third-order valence-corrected chi connectivity index (χ3v) is 11.6. The minimum Gasteiger partial charge on any atom is -1.00 e. The fraction of sp³-hybridized carbons (Fsp3) is 0.133. The molecule has 176 valence electrons. The summed E-state index contributed by atoms with van der Waals surface area (Å²) in [6.45, 7) is 6.62. The molecule has 0 spiro atoms. The zero-order chi connectivity index (χ0) is 21.4. The van der Waals surface area contributed by atoms with Crippen LogP contribution in [0.15, 0.2) is 97.1 Å². The van der Waals surface area contributed by atoms with Crippen LogP contribution in [-0.4, -0.2) is 8.07 Å². The van der Waals surface area contributed by atoms with Crippen LogP contribution in [-0.2, 0) is 21.7 Å². The van der Waals surface area contributed by atoms with Crippen molar-refractivity contribution in [3.8, 4) is 0 Å². The molecule has 0 aliphatic heterocycles. The van der Waals surface area contributed by atoms with Crippen molar-refractivity contribution < 1.29 is 58.9 Å². The van der Waals surface area contributed by atoms with Crippen molar-refractivity contribution in [3.63, 3.8) is 0 Å². The Morgan fingerprint density at radius 1 is 0.571 bits per heavy atom. The van der Waals surface area contributed by atoms with Crippen LogP contribution in [0.4, 0.5) is 0 Å². The van der Waals surface area contributed by atoms with Crippen LogP contribution in [0.2, 0.25) is 0 Å². The number of hydrogen-bond acceptors (Lipinski definition) is 0. The van der Waals surface area contributed by atoms with Crippen LogP contribution in [0.3, 0.4) is 0 Å². The molecule has 5 heteroatoms. The second-order valence-corrected chi connectivity index (χ2v) is 12.7. The van der Waals surface area contributed by atoms with Crippen molar-refractivity contribution in [2.45, 2.75) is 26.3 Å². The predicted octanol–water partition coefficient (Wildman–Crippen LogP) is -3.76. The Morgan fingerprint density at radius 3 is 1.43 bits per heavy atom. The summed E-state index contributed by atoms with van der Waals surface area (Å²) in [4.78, 5) is 0. The van der Waals surface area contributed by atoms with Crippen LogP contribution in [0.5, 0.6) is 0 Å². The zero-order valence-electron chi connectivity index (χ0n) is 20.0. The molecule has 1 aliphatic rings. The van der Waals surface area contributed by atoms with Crippen molar-refractivity contribution in [3.05, 3.63) is 131 Å². The van der Waals surface area contributed by atoms with Crippen LogP contribution in [0, 0.1) is 26.8 Å². The van der Waals surface area contributed by atoms with Gasteiger partial charge in [0.15, 0.2) is 0 Å². The van der Waals surface area contributed by atoms with Gasteiger partial charge in [-0.3, -0.25) is 6.08 Å². The van der Waals surface area contributed by atoms with Crippen LogP contribution in [0.1, 0.15) is 33.4 Å². The maximum Gasteiger partial charge on any atom is 4.00 e. The van der Waals surface area contributed by atoms with E-state index in [2.05, 4.69) is 130 Å². The van der Waals surface area contributed by atoms with Gasteiger partial charge in [0.05, 0.1) is 0 Å². The average Bonchev–Trinajstić information content (AvgIpc) is 3.19. The molecule has 0 N–H and O–H groups in total. The Hall–Kier alpha value is -1.58. The number of aryl methyl sites for hydroxylation is 3. The van der Waals surface area contributed by atoms with Gasteiger partial charge in [-0.1, -0.05) is 113 Å². The molecule has 0 aromatic heterocycles. The van der Waals surface area contributed by atoms with Crippen molar-refractivity contribution >= 4 is 29.7 Å². The van der Waals surface area contributed by atoms with E-state index >= 15 is 0 Å². The normalized spacial score (nSPS) is 13.4. The van der Waals surface area contributed by atoms with Crippen LogP contribution < -0.4 is 52.8 Å². The number of benzene rings is 4. The molecule has 4 aromatic carbocycles. The van der Waals surface area contributed by atoms with Gasteiger partial charge in [0.2, 0.25) is 0 Å². The minimum atomic E-state index is -2.48. The van der Waals surface area contributed by atoms with Gasteiger partial charge in [-0.25, -0.2) is 6.08 Å². The molecule has 0 amide bonds. The minimum absolute atomic E-state index is 0. The van der Waals surface area contributed by atoms with Crippen LogP contribution in [0.25, 0.3) is 6.08 Å². The van der Waals surface area contributed by atoms with E-state index in [1.54, 1.807) is 0 Å². The second-order valence-electron chi connectivity index (χ2n) is 8.79. The monoisotopic (exact) mass is 568 g/mol. The van der Waals surface area contributed by atoms with Crippen molar-refractivity contribution in [2.24, 2.45) is 0 Å². The number of halogens is 3. The average molecular weight is 570 g/mol. The summed E-state index contributed by atoms with van der Waals surface area (Å²) >= 11 is 0. The Morgan fingerprint density at radius 2 is 1.00 bits per heavy atom. The summed E-state index contributed by atoms with van der Waals surface area (Å²) in [5.41, 5.74) is 6.87. The summed E-state index contributed by atoms with van der Waals surface area (Å²) < 4.78 is 0. The van der Waals surface area contributed by atoms with Crippen molar-refractivity contribution in [1.82, 2.24) is 0 Å². The summed E-state index contributed by atoms with van der Waals surface area (Å²) in [5, 5.41) is 4.35. The standard InChI is InChI=1S/C30H27Si.3ClH.Ti/c1-22-9-6-13-26(19-22)31(27-14-7-10-23(2)20-27,28-15-8-11-24(3)21-28)30-18-17-25-12-4-5-16-29(25)30;;;;/h4-17,19-21,30H,1-3H3;3*1H;/q-1;;;;+4/p-3. The first-order valence-electron chi connectivity index (χ1n) is 11.0. The fourth-order valence-corrected chi connectivity index (χ4v) is 10.7. The summed E-state index contributed by atoms with van der Waals surface area (Å²) in [5.74, 6) is 0. The molecular formula is C30H27Cl3SiTi. The largest absolute Gasteiger partial charge is 4.00 e. The topological polar surface area (TPSA) is 0 Å². The molecule has 0 fully saturated rings. The molecule has 0 saturated heterocycles. The predicted molar refractivity (Wildman–Crippen MR) is 135 cm³/mol. The molecule has 5 rings (SSSR count). The SMILES string of the molecule is Cc1cccc([Si](c2cccc(C)c2)(c2cccc(C)c2)C2[C-]=Cc3ccccc32)c1.[Cl-].[Cl-].[Cl-].[Ti+4]. The second kappa shape index (κ2) is 13.1. The van der Waals surface area contributed by atoms with Gasteiger partial charge in [-0.2, -0.15) is 5.56 Å². The molecule has 35 heavy (non-hydrogen) atoms. The quantitative estimate of drug-likeness (QED) is 0.135. The molecule has 0 nitrogen and oxygen atoms in total. The molecule has 1 unspecified atom stereocenters. The molecule has 0 saturated carbocycles. The van der Waals surface area contributed by atoms with Crippen molar-refractivity contribution in [1.29, 1.82) is 0 Å². The Kier molecular flexibility index (Phi) is 11.8. The maximum absolute atomic E-state index is 3.85. The molecule has 0 bridgehead atoms. The molecular weight excluding hydrogens is 543 g/mol. The molecule has 1 atom stereocenters. The maximum atomic E-state index is 3.85. The molecule has 0 heterocycles. The molecule has 4 aromatic rings. The van der Waals surface area contributed by atoms with Gasteiger partial charge in [0.1, 0.15) is 8.07 Å². The smallest absolute Gasteiger partial charge is 1.00 e. The summed E-state index contributed by atoms with van der Waals surface area (Å²) in [6.07, 6.45) is 6.07. The number of hydrogen-bond donors (Lipinski definition) is 0. The van der Waals surface area contributed by atoms with Gasteiger partial charge >= 0.3 is 21.7 Å². The third kappa shape index (κ3) is 5.72. The van der Waals surface area contributed by atoms with E-state index in [1.807, 2.05) is 0 Å². The van der Waals surface area contributed by atoms with E-state index < -0.39 is 8.07 Å². The van der Waals surface area contributed by atoms with E-state index in [0.29, 0.717) is 0 Å². The van der Waals surface area contributed by atoms with Gasteiger partial charge in [-0.15, -0.1) is 11.6 Å². The molecule has 1 aliphatic carbocycles. The van der Waals surface area contributed by atoms with E-state index in [0.717, 1.165) is 0 Å². The summed E-state index contributed by atoms with van der Waals surface area (Å²) in [6, 6.07) is 36.4. The third-order valence-electron chi connectivity index (χ3n) is 6.57. The zero-order valence-corrected chi connectivity index (χ0v) is 24.9. The first kappa shape index (κ1) is 31.5. The van der Waals surface area contributed by atoms with Gasteiger partial charge in [0.25, 0.3) is 0 Å².